The van der Waals surface area contributed by atoms with Gasteiger partial charge in [0.05, 0.1) is 0 Å². The molecule has 47 heavy (non-hydrogen) atoms. The first-order chi connectivity index (χ1) is 21.7. The third-order valence-electron chi connectivity index (χ3n) is 12.4. The van der Waals surface area contributed by atoms with Gasteiger partial charge >= 0.3 is 12.2 Å². The van der Waals surface area contributed by atoms with Crippen molar-refractivity contribution in [2.75, 3.05) is 32.8 Å². The quantitative estimate of drug-likeness (QED) is 0.236. The lowest BCUT2D eigenvalue weighted by Gasteiger charge is -2.66. The van der Waals surface area contributed by atoms with Crippen LogP contribution in [0.5, 0.6) is 5.75 Å². The van der Waals surface area contributed by atoms with Crippen LogP contribution in [0.4, 0.5) is 9.59 Å². The molecule has 2 heterocycles. The van der Waals surface area contributed by atoms with E-state index in [9.17, 15) is 9.59 Å². The Bertz CT molecular complexity index is 1410. The number of alkyl halides is 3. The average Bonchev–Trinajstić information content (AvgIpc) is 3.37. The van der Waals surface area contributed by atoms with Crippen molar-refractivity contribution >= 4 is 55.3 Å². The van der Waals surface area contributed by atoms with E-state index in [1.807, 2.05) is 25.7 Å². The number of carbonyl (C=O) groups excluding carboxylic acids is 2. The molecule has 6 rings (SSSR count). The molecule has 262 valence electrons. The van der Waals surface area contributed by atoms with Crippen molar-refractivity contribution in [2.24, 2.45) is 17.3 Å². The molecule has 4 bridgehead atoms. The molecule has 2 saturated carbocycles. The highest BCUT2D eigenvalue weighted by Crippen LogP contribution is 2.75. The minimum Gasteiger partial charge on any atom is -0.543 e. The van der Waals surface area contributed by atoms with Crippen LogP contribution in [0.1, 0.15) is 78.4 Å². The Hall–Kier alpha value is -1.39. The van der Waals surface area contributed by atoms with Crippen molar-refractivity contribution in [3.63, 3.8) is 0 Å². The number of hydrogen-bond acceptors (Lipinski definition) is 6. The molecule has 6 atom stereocenters. The number of rotatable bonds is 6. The average molecular weight is 729 g/mol. The Morgan fingerprint density at radius 3 is 2.47 bits per heavy atom. The number of carbonyl (C=O) groups is 2. The minimum absolute atomic E-state index is 0.0784. The lowest BCUT2D eigenvalue weighted by Crippen LogP contribution is -2.70. The molecule has 4 fully saturated rings. The van der Waals surface area contributed by atoms with Crippen LogP contribution in [0.15, 0.2) is 18.2 Å². The maximum Gasteiger partial charge on any atom is 0.410 e. The number of hydrogen-bond donors (Lipinski definition) is 1. The number of fused-ring (bicyclic) bond motifs is 1. The van der Waals surface area contributed by atoms with Crippen LogP contribution in [-0.4, -0.2) is 84.6 Å². The van der Waals surface area contributed by atoms with Crippen molar-refractivity contribution in [2.45, 2.75) is 119 Å². The second-order valence-electron chi connectivity index (χ2n) is 17.2. The van der Waals surface area contributed by atoms with Crippen LogP contribution in [0.2, 0.25) is 18.1 Å². The normalized spacial score (nSPS) is 31.6. The molecule has 3 aliphatic carbocycles. The summed E-state index contributed by atoms with van der Waals surface area (Å²) in [6.07, 6.45) is 4.25. The zero-order valence-corrected chi connectivity index (χ0v) is 32.4. The summed E-state index contributed by atoms with van der Waals surface area (Å²) in [4.78, 5) is 30.5. The number of nitrogens with zero attached hydrogens (tertiary/aromatic N) is 2. The van der Waals surface area contributed by atoms with Crippen molar-refractivity contribution in [1.82, 2.24) is 15.1 Å². The number of ether oxygens (including phenoxy) is 2. The van der Waals surface area contributed by atoms with Crippen LogP contribution in [-0.2, 0) is 21.3 Å². The maximum atomic E-state index is 13.5. The number of benzene rings is 1. The number of nitrogens with one attached hydrogen (secondary N) is 1. The van der Waals surface area contributed by atoms with Crippen molar-refractivity contribution < 1.29 is 23.5 Å². The van der Waals surface area contributed by atoms with Gasteiger partial charge in [0, 0.05) is 37.1 Å². The third kappa shape index (κ3) is 6.17. The van der Waals surface area contributed by atoms with Gasteiger partial charge < -0.3 is 24.1 Å². The highest BCUT2D eigenvalue weighted by Gasteiger charge is 2.76. The van der Waals surface area contributed by atoms with E-state index >= 15 is 0 Å². The van der Waals surface area contributed by atoms with Crippen LogP contribution in [0.3, 0.4) is 0 Å². The van der Waals surface area contributed by atoms with Gasteiger partial charge in [-0.1, -0.05) is 61.6 Å². The van der Waals surface area contributed by atoms with Gasteiger partial charge in [-0.05, 0) is 118 Å². The molecule has 0 aromatic heterocycles. The molecule has 8 nitrogen and oxygen atoms in total. The first-order valence-corrected chi connectivity index (χ1v) is 21.3. The predicted octanol–water partition coefficient (Wildman–Crippen LogP) is 8.07. The molecule has 0 spiro atoms. The molecule has 1 N–H and O–H groups in total. The second-order valence-corrected chi connectivity index (χ2v) is 24.4. The summed E-state index contributed by atoms with van der Waals surface area (Å²) >= 11 is 17.8. The highest BCUT2D eigenvalue weighted by atomic mass is 35.6. The first kappa shape index (κ1) is 35.4. The summed E-state index contributed by atoms with van der Waals surface area (Å²) in [6, 6.07) is 7.31. The number of alkyl carbamates (subject to hydrolysis) is 1. The first-order valence-electron chi connectivity index (χ1n) is 17.2. The van der Waals surface area contributed by atoms with Gasteiger partial charge in [-0.15, -0.1) is 0 Å². The van der Waals surface area contributed by atoms with Crippen LogP contribution in [0.25, 0.3) is 0 Å². The van der Waals surface area contributed by atoms with Gasteiger partial charge in [0.15, 0.2) is 0 Å². The Morgan fingerprint density at radius 2 is 1.81 bits per heavy atom. The van der Waals surface area contributed by atoms with E-state index in [4.69, 9.17) is 48.7 Å². The Kier molecular flexibility index (Phi) is 8.93. The monoisotopic (exact) mass is 727 g/mol. The Labute approximate surface area is 296 Å². The fourth-order valence-corrected chi connectivity index (χ4v) is 11.1. The molecule has 1 aromatic rings. The standard InChI is InChI=1S/C35H52Cl3N3O5Si/c1-31(2,3)45-29(42)39-14-16-40-15-13-34-25-18-24(46-47(7,8)32(4,5)6)10-9-22(25)17-27(40)33(34)12-11-26-28(34)23(19-33)20-41(26)30(43)44-21-35(36,37)38/h9-10,18,23,26-28H,11-17,19-21H2,1-8H3,(H,39,42)/t23-,26?,27?,28?,33?,34?/m1/s1. The second kappa shape index (κ2) is 11.8. The van der Waals surface area contributed by atoms with Gasteiger partial charge in [-0.2, -0.15) is 0 Å². The molecule has 0 radical (unpaired) electrons. The molecule has 2 amide bonds. The van der Waals surface area contributed by atoms with Gasteiger partial charge in [0.25, 0.3) is 0 Å². The predicted molar refractivity (Wildman–Crippen MR) is 189 cm³/mol. The van der Waals surface area contributed by atoms with Crippen molar-refractivity contribution in [3.05, 3.63) is 29.3 Å². The maximum absolute atomic E-state index is 13.5. The molecular weight excluding hydrogens is 677 g/mol. The number of likely N-dealkylation sites (tertiary alicyclic amines) is 2. The van der Waals surface area contributed by atoms with Gasteiger partial charge in [-0.25, -0.2) is 9.59 Å². The van der Waals surface area contributed by atoms with E-state index in [-0.39, 0.29) is 40.7 Å². The molecule has 2 aliphatic heterocycles. The third-order valence-corrected chi connectivity index (χ3v) is 17.1. The molecule has 1 aromatic carbocycles. The van der Waals surface area contributed by atoms with Crippen molar-refractivity contribution in [3.8, 4) is 5.75 Å². The summed E-state index contributed by atoms with van der Waals surface area (Å²) in [5.74, 6) is 1.66. The topological polar surface area (TPSA) is 80.3 Å². The molecule has 5 aliphatic rings. The number of piperidine rings is 1. The Morgan fingerprint density at radius 1 is 1.09 bits per heavy atom. The largest absolute Gasteiger partial charge is 0.543 e. The summed E-state index contributed by atoms with van der Waals surface area (Å²) < 4.78 is 16.3. The lowest BCUT2D eigenvalue weighted by molar-refractivity contribution is -0.101. The molecular formula is C35H52Cl3N3O5Si. The van der Waals surface area contributed by atoms with Gasteiger partial charge in [-0.3, -0.25) is 4.90 Å². The fourth-order valence-electron chi connectivity index (χ4n) is 9.92. The Balaban J connectivity index is 1.34. The zero-order chi connectivity index (χ0) is 34.4. The summed E-state index contributed by atoms with van der Waals surface area (Å²) in [5, 5.41) is 3.08. The van der Waals surface area contributed by atoms with E-state index in [1.54, 1.807) is 0 Å². The van der Waals surface area contributed by atoms with E-state index in [0.29, 0.717) is 31.0 Å². The number of halogens is 3. The van der Waals surface area contributed by atoms with Gasteiger partial charge in [0.1, 0.15) is 18.0 Å². The van der Waals surface area contributed by atoms with E-state index in [0.717, 1.165) is 50.9 Å². The van der Waals surface area contributed by atoms with Crippen LogP contribution >= 0.6 is 34.8 Å². The van der Waals surface area contributed by atoms with Crippen molar-refractivity contribution in [1.29, 1.82) is 0 Å². The lowest BCUT2D eigenvalue weighted by atomic mass is 9.43. The summed E-state index contributed by atoms with van der Waals surface area (Å²) in [7, 11) is -2.06. The molecule has 2 saturated heterocycles. The van der Waals surface area contributed by atoms with E-state index < -0.39 is 17.7 Å². The minimum atomic E-state index is -2.06. The molecule has 5 unspecified atom stereocenters. The van der Waals surface area contributed by atoms with Gasteiger partial charge in [0.2, 0.25) is 12.1 Å². The fraction of sp³-hybridized carbons (Fsp3) is 0.771. The highest BCUT2D eigenvalue weighted by molar-refractivity contribution is 6.74. The number of amides is 2. The zero-order valence-electron chi connectivity index (χ0n) is 29.2. The molecule has 12 heteroatoms. The summed E-state index contributed by atoms with van der Waals surface area (Å²) in [5.41, 5.74) is 2.29. The van der Waals surface area contributed by atoms with Crippen LogP contribution < -0.4 is 9.74 Å². The van der Waals surface area contributed by atoms with E-state index in [1.165, 1.54) is 11.1 Å². The SMILES string of the molecule is CC(C)(C)OC(=O)NCCN1CCC23c4cc(O[Si](C)(C)C(C)(C)C)ccc4CC1C21CCC2C3[C@@H](CN2C(=O)OCC(Cl)(Cl)Cl)C1. The summed E-state index contributed by atoms with van der Waals surface area (Å²) in [6.45, 7) is 19.7. The van der Waals surface area contributed by atoms with E-state index in [2.05, 4.69) is 62.3 Å². The van der Waals surface area contributed by atoms with Crippen LogP contribution in [0, 0.1) is 17.3 Å². The smallest absolute Gasteiger partial charge is 0.410 e.